The Morgan fingerprint density at radius 3 is 0.962 bits per heavy atom. The molecule has 0 fully saturated rings. The Hall–Kier alpha value is -2.92. The fourth-order valence-corrected chi connectivity index (χ4v) is 3.43. The number of hydrogen-bond acceptors (Lipinski definition) is 3. The number of halogens is 26. The highest BCUT2D eigenvalue weighted by Gasteiger charge is 2.93. The van der Waals surface area contributed by atoms with Crippen LogP contribution in [0.1, 0.15) is 32.1 Å². The maximum absolute atomic E-state index is 13.7. The highest BCUT2D eigenvalue weighted by atomic mass is 19.4. The smallest absolute Gasteiger partial charge is 0.393 e. The largest absolute Gasteiger partial charge is 0.460 e. The van der Waals surface area contributed by atoms with Gasteiger partial charge in [0.05, 0.1) is 6.10 Å². The summed E-state index contributed by atoms with van der Waals surface area (Å²) in [7, 11) is 0. The summed E-state index contributed by atoms with van der Waals surface area (Å²) in [5.41, 5.74) is 0. The number of amides is 2. The summed E-state index contributed by atoms with van der Waals surface area (Å²) in [4.78, 5) is 22.6. The Balaban J connectivity index is 5.21. The molecule has 0 heterocycles. The molecule has 0 aliphatic rings. The van der Waals surface area contributed by atoms with Crippen molar-refractivity contribution in [2.24, 2.45) is 0 Å². The molecule has 0 spiro atoms. The van der Waals surface area contributed by atoms with Crippen molar-refractivity contribution >= 4 is 11.8 Å². The van der Waals surface area contributed by atoms with Crippen LogP contribution in [0, 0.1) is 0 Å². The lowest BCUT2D eigenvalue weighted by atomic mass is 9.93. The predicted octanol–water partition coefficient (Wildman–Crippen LogP) is 8.01. The van der Waals surface area contributed by atoms with E-state index < -0.39 is 135 Å². The summed E-state index contributed by atoms with van der Waals surface area (Å²) in [5.74, 6) is -86.6. The van der Waals surface area contributed by atoms with Crippen molar-refractivity contribution in [3.63, 3.8) is 0 Å². The second-order valence-electron chi connectivity index (χ2n) is 10.5. The zero-order valence-corrected chi connectivity index (χ0v) is 24.6. The molecule has 5 nitrogen and oxygen atoms in total. The van der Waals surface area contributed by atoms with Crippen molar-refractivity contribution in [2.75, 3.05) is 13.1 Å². The Kier molecular flexibility index (Phi) is 14.1. The van der Waals surface area contributed by atoms with Gasteiger partial charge in [-0.15, -0.1) is 0 Å². The molecule has 0 rings (SSSR count). The quantitative estimate of drug-likeness (QED) is 0.0912. The second-order valence-corrected chi connectivity index (χ2v) is 10.5. The van der Waals surface area contributed by atoms with Crippen LogP contribution in [0.15, 0.2) is 0 Å². The van der Waals surface area contributed by atoms with Gasteiger partial charge in [-0.1, -0.05) is 12.8 Å². The van der Waals surface area contributed by atoms with Gasteiger partial charge in [-0.2, -0.15) is 114 Å². The van der Waals surface area contributed by atoms with Gasteiger partial charge in [0.2, 0.25) is 0 Å². The van der Waals surface area contributed by atoms with E-state index in [4.69, 9.17) is 0 Å². The fourth-order valence-electron chi connectivity index (χ4n) is 3.43. The molecule has 53 heavy (non-hydrogen) atoms. The van der Waals surface area contributed by atoms with E-state index in [1.165, 1.54) is 0 Å². The standard InChI is InChI=1S/C22H18F26N2O3/c23-11(24,13(27,28)15(31,32)17(35,36)19(39,40)21(43,44)45)9(52)49-6-3-1-2-4-8(51)5-7-50-10(53)12(25,26)14(29,30)16(33,34)18(37,38)20(41,42)22(46,47)48/h8,51H,1-7H2,(H,49,52)(H,50,53). The van der Waals surface area contributed by atoms with E-state index in [2.05, 4.69) is 0 Å². The zero-order valence-electron chi connectivity index (χ0n) is 24.6. The van der Waals surface area contributed by atoms with E-state index in [0.29, 0.717) is 5.32 Å². The van der Waals surface area contributed by atoms with Crippen LogP contribution < -0.4 is 10.6 Å². The SMILES string of the molecule is O=C(NCCCCCC(O)CCNC(=O)C(F)(F)C(F)(F)C(F)(F)C(F)(F)C(F)(F)C(F)(F)F)C(F)(F)C(F)(F)C(F)(F)C(F)(F)C(F)(F)C(F)(F)F. The van der Waals surface area contributed by atoms with E-state index in [1.807, 2.05) is 0 Å². The number of hydrogen-bond donors (Lipinski definition) is 3. The minimum Gasteiger partial charge on any atom is -0.393 e. The minimum atomic E-state index is -8.29. The third-order valence-electron chi connectivity index (χ3n) is 6.70. The van der Waals surface area contributed by atoms with Crippen molar-refractivity contribution in [3.8, 4) is 0 Å². The van der Waals surface area contributed by atoms with E-state index in [1.54, 1.807) is 0 Å². The van der Waals surface area contributed by atoms with Gasteiger partial charge in [-0.25, -0.2) is 0 Å². The average molecular weight is 852 g/mol. The maximum atomic E-state index is 13.7. The van der Waals surface area contributed by atoms with Crippen molar-refractivity contribution in [1.82, 2.24) is 10.6 Å². The van der Waals surface area contributed by atoms with Gasteiger partial charge in [0, 0.05) is 13.1 Å². The molecule has 1 atom stereocenters. The predicted molar refractivity (Wildman–Crippen MR) is 117 cm³/mol. The number of aliphatic hydroxyl groups excluding tert-OH is 1. The lowest BCUT2D eigenvalue weighted by Crippen LogP contribution is -2.72. The van der Waals surface area contributed by atoms with Gasteiger partial charge in [-0.05, 0) is 19.3 Å². The average Bonchev–Trinajstić information content (AvgIpc) is 2.96. The molecule has 0 bridgehead atoms. The van der Waals surface area contributed by atoms with E-state index in [-0.39, 0.29) is 0 Å². The van der Waals surface area contributed by atoms with Crippen LogP contribution >= 0.6 is 0 Å². The van der Waals surface area contributed by atoms with E-state index in [9.17, 15) is 129 Å². The Bertz CT molecular complexity index is 1270. The van der Waals surface area contributed by atoms with Gasteiger partial charge in [0.25, 0.3) is 11.8 Å². The first kappa shape index (κ1) is 50.1. The van der Waals surface area contributed by atoms with Crippen LogP contribution in [-0.2, 0) is 9.59 Å². The van der Waals surface area contributed by atoms with Crippen LogP contribution in [-0.4, -0.2) is 108 Å². The highest BCUT2D eigenvalue weighted by Crippen LogP contribution is 2.61. The van der Waals surface area contributed by atoms with Crippen LogP contribution in [0.4, 0.5) is 114 Å². The van der Waals surface area contributed by atoms with E-state index >= 15 is 0 Å². The fraction of sp³-hybridized carbons (Fsp3) is 0.909. The molecule has 1 unspecified atom stereocenters. The number of nitrogens with one attached hydrogen (secondary N) is 2. The Labute approximate surface area is 275 Å². The van der Waals surface area contributed by atoms with Gasteiger partial charge in [0.15, 0.2) is 0 Å². The van der Waals surface area contributed by atoms with Crippen molar-refractivity contribution in [2.45, 2.75) is 110 Å². The number of alkyl halides is 26. The summed E-state index contributed by atoms with van der Waals surface area (Å²) >= 11 is 0. The van der Waals surface area contributed by atoms with Crippen LogP contribution in [0.5, 0.6) is 0 Å². The molecule has 0 aromatic carbocycles. The molecule has 0 saturated heterocycles. The molecule has 0 radical (unpaired) electrons. The van der Waals surface area contributed by atoms with Crippen molar-refractivity contribution in [3.05, 3.63) is 0 Å². The molecule has 3 N–H and O–H groups in total. The molecule has 0 aromatic rings. The Morgan fingerprint density at radius 2 is 0.660 bits per heavy atom. The summed E-state index contributed by atoms with van der Waals surface area (Å²) in [6, 6.07) is 0. The second kappa shape index (κ2) is 15.0. The minimum absolute atomic E-state index is 0.475. The first-order chi connectivity index (χ1) is 22.9. The summed E-state index contributed by atoms with van der Waals surface area (Å²) in [6.45, 7) is -2.82. The maximum Gasteiger partial charge on any atom is 0.460 e. The molecule has 0 aromatic heterocycles. The third kappa shape index (κ3) is 8.36. The monoisotopic (exact) mass is 852 g/mol. The lowest BCUT2D eigenvalue weighted by Gasteiger charge is -2.39. The van der Waals surface area contributed by atoms with Gasteiger partial charge < -0.3 is 15.7 Å². The molecule has 31 heteroatoms. The van der Waals surface area contributed by atoms with Crippen LogP contribution in [0.3, 0.4) is 0 Å². The summed E-state index contributed by atoms with van der Waals surface area (Å²) in [6.07, 6.45) is -20.8. The van der Waals surface area contributed by atoms with Crippen LogP contribution in [0.25, 0.3) is 0 Å². The molecular formula is C22H18F26N2O3. The first-order valence-corrected chi connectivity index (χ1v) is 13.1. The van der Waals surface area contributed by atoms with E-state index in [0.717, 1.165) is 5.32 Å². The summed E-state index contributed by atoms with van der Waals surface area (Å²) < 4.78 is 340. The number of aliphatic hydroxyl groups is 1. The Morgan fingerprint density at radius 1 is 0.377 bits per heavy atom. The lowest BCUT2D eigenvalue weighted by molar-refractivity contribution is -0.436. The van der Waals surface area contributed by atoms with Crippen LogP contribution in [0.2, 0.25) is 0 Å². The normalized spacial score (nSPS) is 16.1. The summed E-state index contributed by atoms with van der Waals surface area (Å²) in [5, 5.41) is 11.0. The number of unbranched alkanes of at least 4 members (excludes halogenated alkanes) is 2. The molecule has 2 amide bonds. The molecule has 0 saturated carbocycles. The van der Waals surface area contributed by atoms with Gasteiger partial charge >= 0.3 is 71.6 Å². The molecule has 0 aliphatic carbocycles. The van der Waals surface area contributed by atoms with Crippen molar-refractivity contribution < 1.29 is 129 Å². The number of rotatable bonds is 19. The highest BCUT2D eigenvalue weighted by molar-refractivity contribution is 5.85. The number of carbonyl (C=O) groups is 2. The molecule has 0 aliphatic heterocycles. The third-order valence-corrected chi connectivity index (χ3v) is 6.70. The topological polar surface area (TPSA) is 78.4 Å². The number of carbonyl (C=O) groups excluding carboxylic acids is 2. The van der Waals surface area contributed by atoms with Crippen molar-refractivity contribution in [1.29, 1.82) is 0 Å². The first-order valence-electron chi connectivity index (χ1n) is 13.1. The van der Waals surface area contributed by atoms with Gasteiger partial charge in [0.1, 0.15) is 0 Å². The molecular weight excluding hydrogens is 834 g/mol. The zero-order chi connectivity index (χ0) is 43.1. The molecule has 316 valence electrons. The van der Waals surface area contributed by atoms with Gasteiger partial charge in [-0.3, -0.25) is 9.59 Å².